The van der Waals surface area contributed by atoms with E-state index in [4.69, 9.17) is 9.72 Å². The normalized spacial score (nSPS) is 16.7. The standard InChI is InChI=1S/C24H23N3OS/c1-15-5-4-6-17(9-15)23-11-18(14-29-23)27-13-16(2)10-22(27)24-25-20-8-7-19(28-3)12-21(20)26-24/h4-9,11-12,14,22H,2,10,13H2,1,3H3,(H,25,26)/t22-/m0/s1. The van der Waals surface area contributed by atoms with Gasteiger partial charge in [0.15, 0.2) is 0 Å². The van der Waals surface area contributed by atoms with Crippen LogP contribution in [0.1, 0.15) is 23.9 Å². The van der Waals surface area contributed by atoms with Crippen molar-refractivity contribution in [3.63, 3.8) is 0 Å². The molecule has 1 atom stereocenters. The van der Waals surface area contributed by atoms with E-state index in [9.17, 15) is 0 Å². The Bertz CT molecular complexity index is 1210. The third kappa shape index (κ3) is 3.32. The predicted octanol–water partition coefficient (Wildman–Crippen LogP) is 6.12. The van der Waals surface area contributed by atoms with Crippen LogP contribution in [0.15, 0.2) is 66.1 Å². The molecule has 0 saturated carbocycles. The van der Waals surface area contributed by atoms with Crippen LogP contribution in [-0.2, 0) is 0 Å². The quantitative estimate of drug-likeness (QED) is 0.419. The average Bonchev–Trinajstić information content (AvgIpc) is 3.44. The molecule has 2 aromatic carbocycles. The molecule has 0 spiro atoms. The second-order valence-electron chi connectivity index (χ2n) is 7.64. The number of benzene rings is 2. The summed E-state index contributed by atoms with van der Waals surface area (Å²) >= 11 is 1.79. The highest BCUT2D eigenvalue weighted by molar-refractivity contribution is 7.14. The van der Waals surface area contributed by atoms with E-state index in [-0.39, 0.29) is 6.04 Å². The molecule has 0 bridgehead atoms. The number of hydrogen-bond acceptors (Lipinski definition) is 4. The van der Waals surface area contributed by atoms with E-state index in [1.54, 1.807) is 18.4 Å². The zero-order valence-corrected chi connectivity index (χ0v) is 17.4. The van der Waals surface area contributed by atoms with Crippen molar-refractivity contribution in [2.75, 3.05) is 18.6 Å². The smallest absolute Gasteiger partial charge is 0.130 e. The first-order chi connectivity index (χ1) is 14.1. The van der Waals surface area contributed by atoms with Gasteiger partial charge >= 0.3 is 0 Å². The molecule has 0 radical (unpaired) electrons. The number of fused-ring (bicyclic) bond motifs is 1. The largest absolute Gasteiger partial charge is 0.497 e. The van der Waals surface area contributed by atoms with Crippen LogP contribution in [0.3, 0.4) is 0 Å². The maximum atomic E-state index is 5.35. The summed E-state index contributed by atoms with van der Waals surface area (Å²) in [7, 11) is 1.68. The summed E-state index contributed by atoms with van der Waals surface area (Å²) in [5.41, 5.74) is 6.98. The monoisotopic (exact) mass is 401 g/mol. The number of hydrogen-bond donors (Lipinski definition) is 1. The highest BCUT2D eigenvalue weighted by Crippen LogP contribution is 2.41. The summed E-state index contributed by atoms with van der Waals surface area (Å²) in [6.45, 7) is 7.25. The van der Waals surface area contributed by atoms with Crippen LogP contribution in [0.2, 0.25) is 0 Å². The molecule has 1 N–H and O–H groups in total. The molecule has 29 heavy (non-hydrogen) atoms. The molecule has 0 aliphatic carbocycles. The van der Waals surface area contributed by atoms with Crippen molar-refractivity contribution < 1.29 is 4.74 Å². The van der Waals surface area contributed by atoms with Crippen LogP contribution in [-0.4, -0.2) is 23.6 Å². The number of imidazole rings is 1. The molecule has 3 heterocycles. The number of methoxy groups -OCH3 is 1. The molecule has 1 aliphatic heterocycles. The van der Waals surface area contributed by atoms with E-state index in [2.05, 4.69) is 59.1 Å². The topological polar surface area (TPSA) is 41.1 Å². The molecule has 4 nitrogen and oxygen atoms in total. The lowest BCUT2D eigenvalue weighted by Crippen LogP contribution is -2.22. The molecule has 0 unspecified atom stereocenters. The number of ether oxygens (including phenoxy) is 1. The number of H-pyrrole nitrogens is 1. The second kappa shape index (κ2) is 7.08. The Morgan fingerprint density at radius 2 is 2.10 bits per heavy atom. The van der Waals surface area contributed by atoms with Gasteiger partial charge in [0.1, 0.15) is 11.6 Å². The molecule has 146 valence electrons. The number of anilines is 1. The van der Waals surface area contributed by atoms with Gasteiger partial charge in [0.2, 0.25) is 0 Å². The molecule has 0 amide bonds. The van der Waals surface area contributed by atoms with Gasteiger partial charge in [-0.2, -0.15) is 0 Å². The van der Waals surface area contributed by atoms with Gasteiger partial charge in [-0.25, -0.2) is 4.98 Å². The number of nitrogens with zero attached hydrogens (tertiary/aromatic N) is 2. The first kappa shape index (κ1) is 18.0. The Hall–Kier alpha value is -3.05. The molecule has 5 rings (SSSR count). The summed E-state index contributed by atoms with van der Waals surface area (Å²) in [6.07, 6.45) is 0.909. The van der Waals surface area contributed by atoms with Crippen molar-refractivity contribution in [2.24, 2.45) is 0 Å². The molecule has 1 saturated heterocycles. The van der Waals surface area contributed by atoms with Crippen LogP contribution in [0, 0.1) is 6.92 Å². The number of aromatic amines is 1. The first-order valence-electron chi connectivity index (χ1n) is 9.73. The Morgan fingerprint density at radius 3 is 2.93 bits per heavy atom. The van der Waals surface area contributed by atoms with Gasteiger partial charge in [-0.05, 0) is 37.1 Å². The average molecular weight is 402 g/mol. The SMILES string of the molecule is C=C1C[C@@H](c2nc3ccc(OC)cc3[nH]2)N(c2csc(-c3cccc(C)c3)c2)C1. The number of aromatic nitrogens is 2. The zero-order valence-electron chi connectivity index (χ0n) is 16.6. The van der Waals surface area contributed by atoms with E-state index in [0.717, 1.165) is 35.6 Å². The fraction of sp³-hybridized carbons (Fsp3) is 0.208. The number of thiophene rings is 1. The lowest BCUT2D eigenvalue weighted by Gasteiger charge is -2.23. The molecular formula is C24H23N3OS. The Labute approximate surface area is 174 Å². The number of nitrogens with one attached hydrogen (secondary N) is 1. The minimum Gasteiger partial charge on any atom is -0.497 e. The van der Waals surface area contributed by atoms with Gasteiger partial charge < -0.3 is 14.6 Å². The van der Waals surface area contributed by atoms with Crippen molar-refractivity contribution in [3.8, 4) is 16.2 Å². The number of aryl methyl sites for hydroxylation is 1. The number of rotatable bonds is 4. The van der Waals surface area contributed by atoms with E-state index < -0.39 is 0 Å². The first-order valence-corrected chi connectivity index (χ1v) is 10.6. The van der Waals surface area contributed by atoms with Gasteiger partial charge in [0.25, 0.3) is 0 Å². The molecule has 1 aliphatic rings. The maximum Gasteiger partial charge on any atom is 0.130 e. The Morgan fingerprint density at radius 1 is 1.21 bits per heavy atom. The molecule has 4 aromatic rings. The minimum absolute atomic E-state index is 0.167. The van der Waals surface area contributed by atoms with E-state index in [1.165, 1.54) is 27.3 Å². The highest BCUT2D eigenvalue weighted by atomic mass is 32.1. The molecule has 2 aromatic heterocycles. The van der Waals surface area contributed by atoms with Gasteiger partial charge in [0.05, 0.1) is 24.2 Å². The van der Waals surface area contributed by atoms with Crippen LogP contribution in [0.25, 0.3) is 21.5 Å². The van der Waals surface area contributed by atoms with Crippen LogP contribution >= 0.6 is 11.3 Å². The van der Waals surface area contributed by atoms with E-state index >= 15 is 0 Å². The summed E-state index contributed by atoms with van der Waals surface area (Å²) < 4.78 is 5.35. The summed E-state index contributed by atoms with van der Waals surface area (Å²) in [4.78, 5) is 12.1. The molecular weight excluding hydrogens is 378 g/mol. The van der Waals surface area contributed by atoms with Crippen LogP contribution < -0.4 is 9.64 Å². The Balaban J connectivity index is 1.49. The van der Waals surface area contributed by atoms with Crippen molar-refractivity contribution >= 4 is 28.1 Å². The van der Waals surface area contributed by atoms with Crippen molar-refractivity contribution in [1.29, 1.82) is 0 Å². The van der Waals surface area contributed by atoms with Crippen molar-refractivity contribution in [2.45, 2.75) is 19.4 Å². The maximum absolute atomic E-state index is 5.35. The van der Waals surface area contributed by atoms with Gasteiger partial charge in [-0.15, -0.1) is 11.3 Å². The lowest BCUT2D eigenvalue weighted by molar-refractivity contribution is 0.415. The van der Waals surface area contributed by atoms with Gasteiger partial charge in [-0.3, -0.25) is 0 Å². The predicted molar refractivity (Wildman–Crippen MR) is 121 cm³/mol. The van der Waals surface area contributed by atoms with Gasteiger partial charge in [0, 0.05) is 28.6 Å². The lowest BCUT2D eigenvalue weighted by atomic mass is 10.1. The fourth-order valence-electron chi connectivity index (χ4n) is 4.03. The third-order valence-electron chi connectivity index (χ3n) is 5.50. The fourth-order valence-corrected chi connectivity index (χ4v) is 4.94. The van der Waals surface area contributed by atoms with Crippen molar-refractivity contribution in [3.05, 3.63) is 77.5 Å². The van der Waals surface area contributed by atoms with Gasteiger partial charge in [-0.1, -0.05) is 42.0 Å². The Kier molecular flexibility index (Phi) is 4.40. The summed E-state index contributed by atoms with van der Waals surface area (Å²) in [5.74, 6) is 1.82. The third-order valence-corrected chi connectivity index (χ3v) is 6.46. The minimum atomic E-state index is 0.167. The highest BCUT2D eigenvalue weighted by Gasteiger charge is 2.31. The molecule has 5 heteroatoms. The van der Waals surface area contributed by atoms with Crippen molar-refractivity contribution in [1.82, 2.24) is 9.97 Å². The van der Waals surface area contributed by atoms with Crippen LogP contribution in [0.5, 0.6) is 5.75 Å². The van der Waals surface area contributed by atoms with Crippen LogP contribution in [0.4, 0.5) is 5.69 Å². The second-order valence-corrected chi connectivity index (χ2v) is 8.55. The van der Waals surface area contributed by atoms with E-state index in [1.807, 2.05) is 18.2 Å². The summed E-state index contributed by atoms with van der Waals surface area (Å²) in [6, 6.07) is 17.1. The summed E-state index contributed by atoms with van der Waals surface area (Å²) in [5, 5.41) is 2.24. The zero-order chi connectivity index (χ0) is 20.0. The molecule has 1 fully saturated rings. The van der Waals surface area contributed by atoms with E-state index in [0.29, 0.717) is 0 Å².